The SMILES string of the molecule is COc1ccc(NC(=O)Cc2csc(NC(=O)Nc3ccccc3OC)n2)cc1Cl. The lowest BCUT2D eigenvalue weighted by Gasteiger charge is -2.09. The Morgan fingerprint density at radius 3 is 2.53 bits per heavy atom. The quantitative estimate of drug-likeness (QED) is 0.490. The van der Waals surface area contributed by atoms with Crippen LogP contribution in [0.1, 0.15) is 5.69 Å². The topological polar surface area (TPSA) is 102 Å². The number of hydrogen-bond acceptors (Lipinski definition) is 6. The van der Waals surface area contributed by atoms with Gasteiger partial charge in [0, 0.05) is 11.1 Å². The summed E-state index contributed by atoms with van der Waals surface area (Å²) in [7, 11) is 3.04. The van der Waals surface area contributed by atoms with Gasteiger partial charge in [0.25, 0.3) is 0 Å². The number of methoxy groups -OCH3 is 2. The molecule has 0 fully saturated rings. The molecule has 0 saturated heterocycles. The molecule has 3 amide bonds. The lowest BCUT2D eigenvalue weighted by atomic mass is 10.2. The van der Waals surface area contributed by atoms with Crippen LogP contribution >= 0.6 is 22.9 Å². The molecule has 3 N–H and O–H groups in total. The molecule has 10 heteroatoms. The van der Waals surface area contributed by atoms with Crippen LogP contribution < -0.4 is 25.4 Å². The zero-order valence-electron chi connectivity index (χ0n) is 16.2. The number of hydrogen-bond donors (Lipinski definition) is 3. The highest BCUT2D eigenvalue weighted by Crippen LogP contribution is 2.27. The van der Waals surface area contributed by atoms with E-state index in [4.69, 9.17) is 21.1 Å². The zero-order valence-corrected chi connectivity index (χ0v) is 17.8. The highest BCUT2D eigenvalue weighted by atomic mass is 35.5. The Kier molecular flexibility index (Phi) is 7.10. The van der Waals surface area contributed by atoms with Crippen molar-refractivity contribution < 1.29 is 19.1 Å². The number of para-hydroxylation sites is 2. The van der Waals surface area contributed by atoms with E-state index in [0.29, 0.717) is 38.7 Å². The molecular weight excluding hydrogens is 428 g/mol. The number of benzene rings is 2. The molecule has 0 saturated carbocycles. The maximum atomic E-state index is 12.3. The minimum Gasteiger partial charge on any atom is -0.495 e. The molecule has 0 radical (unpaired) electrons. The maximum Gasteiger partial charge on any atom is 0.325 e. The predicted octanol–water partition coefficient (Wildman–Crippen LogP) is 4.64. The van der Waals surface area contributed by atoms with Crippen LogP contribution in [-0.4, -0.2) is 31.1 Å². The third kappa shape index (κ3) is 5.62. The summed E-state index contributed by atoms with van der Waals surface area (Å²) in [6.07, 6.45) is 0.0515. The molecular formula is C20H19ClN4O4S. The van der Waals surface area contributed by atoms with Gasteiger partial charge in [0.15, 0.2) is 5.13 Å². The fraction of sp³-hybridized carbons (Fsp3) is 0.150. The van der Waals surface area contributed by atoms with Gasteiger partial charge in [-0.25, -0.2) is 9.78 Å². The van der Waals surface area contributed by atoms with Gasteiger partial charge < -0.3 is 20.1 Å². The normalized spacial score (nSPS) is 10.2. The van der Waals surface area contributed by atoms with Gasteiger partial charge in [0.2, 0.25) is 5.91 Å². The van der Waals surface area contributed by atoms with Crippen LogP contribution in [0.5, 0.6) is 11.5 Å². The summed E-state index contributed by atoms with van der Waals surface area (Å²) in [6, 6.07) is 11.6. The van der Waals surface area contributed by atoms with Gasteiger partial charge >= 0.3 is 6.03 Å². The van der Waals surface area contributed by atoms with Crippen molar-refractivity contribution in [3.8, 4) is 11.5 Å². The van der Waals surface area contributed by atoms with Crippen molar-refractivity contribution in [2.45, 2.75) is 6.42 Å². The third-order valence-electron chi connectivity index (χ3n) is 3.90. The molecule has 0 unspecified atom stereocenters. The summed E-state index contributed by atoms with van der Waals surface area (Å²) in [5.74, 6) is 0.811. The standard InChI is InChI=1S/C20H19ClN4O4S/c1-28-16-8-7-12(9-14(16)21)22-18(26)10-13-11-30-20(23-13)25-19(27)24-15-5-3-4-6-17(15)29-2/h3-9,11H,10H2,1-2H3,(H,22,26)(H2,23,24,25,27). The first kappa shape index (κ1) is 21.4. The van der Waals surface area contributed by atoms with E-state index in [2.05, 4.69) is 20.9 Å². The molecule has 1 heterocycles. The number of ether oxygens (including phenoxy) is 2. The first-order chi connectivity index (χ1) is 14.5. The Morgan fingerprint density at radius 2 is 1.80 bits per heavy atom. The minimum absolute atomic E-state index is 0.0515. The van der Waals surface area contributed by atoms with E-state index < -0.39 is 6.03 Å². The van der Waals surface area contributed by atoms with E-state index >= 15 is 0 Å². The second-order valence-corrected chi connectivity index (χ2v) is 7.26. The molecule has 0 aliphatic rings. The second-order valence-electron chi connectivity index (χ2n) is 6.00. The number of aromatic nitrogens is 1. The summed E-state index contributed by atoms with van der Waals surface area (Å²) in [5, 5.41) is 10.6. The average molecular weight is 447 g/mol. The molecule has 156 valence electrons. The average Bonchev–Trinajstić information content (AvgIpc) is 3.14. The van der Waals surface area contributed by atoms with Crippen LogP contribution in [0.15, 0.2) is 47.8 Å². The third-order valence-corrected chi connectivity index (χ3v) is 5.01. The fourth-order valence-corrected chi connectivity index (χ4v) is 3.52. The summed E-state index contributed by atoms with van der Waals surface area (Å²) in [4.78, 5) is 28.7. The zero-order chi connectivity index (χ0) is 21.5. The molecule has 3 rings (SSSR count). The van der Waals surface area contributed by atoms with Gasteiger partial charge in [-0.15, -0.1) is 11.3 Å². The molecule has 0 spiro atoms. The second kappa shape index (κ2) is 9.95. The van der Waals surface area contributed by atoms with Crippen molar-refractivity contribution in [1.82, 2.24) is 4.98 Å². The minimum atomic E-state index is -0.460. The van der Waals surface area contributed by atoms with Crippen molar-refractivity contribution in [3.05, 3.63) is 58.6 Å². The van der Waals surface area contributed by atoms with Crippen LogP contribution in [-0.2, 0) is 11.2 Å². The van der Waals surface area contributed by atoms with Gasteiger partial charge in [0.05, 0.1) is 37.0 Å². The number of halogens is 1. The fourth-order valence-electron chi connectivity index (χ4n) is 2.56. The summed E-state index contributed by atoms with van der Waals surface area (Å²) in [6.45, 7) is 0. The Bertz CT molecular complexity index is 1060. The summed E-state index contributed by atoms with van der Waals surface area (Å²) >= 11 is 7.28. The van der Waals surface area contributed by atoms with Crippen LogP contribution in [0.4, 0.5) is 21.3 Å². The van der Waals surface area contributed by atoms with Crippen molar-refractivity contribution in [2.24, 2.45) is 0 Å². The number of urea groups is 1. The van der Waals surface area contributed by atoms with E-state index in [-0.39, 0.29) is 12.3 Å². The van der Waals surface area contributed by atoms with Crippen LogP contribution in [0, 0.1) is 0 Å². The Balaban J connectivity index is 1.55. The molecule has 3 aromatic rings. The molecule has 0 atom stereocenters. The first-order valence-corrected chi connectivity index (χ1v) is 10.0. The predicted molar refractivity (Wildman–Crippen MR) is 118 cm³/mol. The smallest absolute Gasteiger partial charge is 0.325 e. The highest BCUT2D eigenvalue weighted by Gasteiger charge is 2.12. The summed E-state index contributed by atoms with van der Waals surface area (Å²) in [5.41, 5.74) is 1.62. The molecule has 8 nitrogen and oxygen atoms in total. The Morgan fingerprint density at radius 1 is 1.03 bits per heavy atom. The maximum absolute atomic E-state index is 12.3. The van der Waals surface area contributed by atoms with Gasteiger partial charge in [-0.2, -0.15) is 0 Å². The molecule has 1 aromatic heterocycles. The van der Waals surface area contributed by atoms with Gasteiger partial charge in [0.1, 0.15) is 11.5 Å². The molecule has 0 aliphatic carbocycles. The number of carbonyl (C=O) groups excluding carboxylic acids is 2. The number of thiazole rings is 1. The van der Waals surface area contributed by atoms with E-state index in [0.717, 1.165) is 0 Å². The van der Waals surface area contributed by atoms with E-state index in [1.165, 1.54) is 25.6 Å². The number of amides is 3. The van der Waals surface area contributed by atoms with Crippen molar-refractivity contribution in [1.29, 1.82) is 0 Å². The molecule has 30 heavy (non-hydrogen) atoms. The number of nitrogens with zero attached hydrogens (tertiary/aromatic N) is 1. The van der Waals surface area contributed by atoms with Crippen LogP contribution in [0.3, 0.4) is 0 Å². The molecule has 0 aliphatic heterocycles. The van der Waals surface area contributed by atoms with Gasteiger partial charge in [-0.3, -0.25) is 10.1 Å². The van der Waals surface area contributed by atoms with Crippen LogP contribution in [0.25, 0.3) is 0 Å². The van der Waals surface area contributed by atoms with Crippen LogP contribution in [0.2, 0.25) is 5.02 Å². The van der Waals surface area contributed by atoms with Gasteiger partial charge in [-0.1, -0.05) is 23.7 Å². The summed E-state index contributed by atoms with van der Waals surface area (Å²) < 4.78 is 10.3. The van der Waals surface area contributed by atoms with E-state index in [1.807, 2.05) is 0 Å². The first-order valence-electron chi connectivity index (χ1n) is 8.77. The monoisotopic (exact) mass is 446 g/mol. The highest BCUT2D eigenvalue weighted by molar-refractivity contribution is 7.14. The number of rotatable bonds is 7. The Hall–Kier alpha value is -3.30. The lowest BCUT2D eigenvalue weighted by Crippen LogP contribution is -2.20. The van der Waals surface area contributed by atoms with Crippen molar-refractivity contribution >= 4 is 51.4 Å². The number of nitrogens with one attached hydrogen (secondary N) is 3. The van der Waals surface area contributed by atoms with Crippen molar-refractivity contribution in [2.75, 3.05) is 30.2 Å². The number of carbonyl (C=O) groups is 2. The number of anilines is 3. The van der Waals surface area contributed by atoms with Crippen molar-refractivity contribution in [3.63, 3.8) is 0 Å². The molecule has 2 aromatic carbocycles. The van der Waals surface area contributed by atoms with E-state index in [1.54, 1.807) is 47.8 Å². The molecule has 0 bridgehead atoms. The Labute approximate surface area is 182 Å². The van der Waals surface area contributed by atoms with Gasteiger partial charge in [-0.05, 0) is 30.3 Å². The largest absolute Gasteiger partial charge is 0.495 e. The lowest BCUT2D eigenvalue weighted by molar-refractivity contribution is -0.115. The van der Waals surface area contributed by atoms with E-state index in [9.17, 15) is 9.59 Å².